The maximum absolute atomic E-state index is 11.5. The van der Waals surface area contributed by atoms with Gasteiger partial charge < -0.3 is 4.74 Å². The molecule has 0 spiro atoms. The van der Waals surface area contributed by atoms with Crippen LogP contribution < -0.4 is 5.32 Å². The summed E-state index contributed by atoms with van der Waals surface area (Å²) >= 11 is 0. The summed E-state index contributed by atoms with van der Waals surface area (Å²) in [6.07, 6.45) is -0.388. The fraction of sp³-hybridized carbons (Fsp3) is 0.333. The van der Waals surface area contributed by atoms with Crippen molar-refractivity contribution in [1.82, 2.24) is 0 Å². The van der Waals surface area contributed by atoms with Crippen LogP contribution in [-0.4, -0.2) is 11.7 Å². The highest BCUT2D eigenvalue weighted by molar-refractivity contribution is 5.84. The minimum atomic E-state index is -0.770. The Morgan fingerprint density at radius 2 is 2.06 bits per heavy atom. The Kier molecular flexibility index (Phi) is 3.90. The molecule has 4 nitrogen and oxygen atoms in total. The van der Waals surface area contributed by atoms with Crippen LogP contribution in [0.1, 0.15) is 20.3 Å². The number of carbonyl (C=O) groups is 1. The van der Waals surface area contributed by atoms with Crippen LogP contribution in [0.5, 0.6) is 0 Å². The number of anilines is 1. The second-order valence-electron chi connectivity index (χ2n) is 3.98. The van der Waals surface area contributed by atoms with Crippen molar-refractivity contribution in [2.45, 2.75) is 25.9 Å². The van der Waals surface area contributed by atoms with E-state index >= 15 is 0 Å². The van der Waals surface area contributed by atoms with Gasteiger partial charge in [-0.15, -0.1) is 0 Å². The third-order valence-electron chi connectivity index (χ3n) is 1.89. The van der Waals surface area contributed by atoms with Gasteiger partial charge in [0.05, 0.1) is 12.5 Å². The molecular weight excluding hydrogens is 204 g/mol. The van der Waals surface area contributed by atoms with Gasteiger partial charge in [0, 0.05) is 5.69 Å². The lowest BCUT2D eigenvalue weighted by Gasteiger charge is -2.21. The van der Waals surface area contributed by atoms with E-state index < -0.39 is 11.7 Å². The minimum absolute atomic E-state index is 0.162. The molecule has 1 N–H and O–H groups in total. The van der Waals surface area contributed by atoms with E-state index in [1.54, 1.807) is 26.0 Å². The lowest BCUT2D eigenvalue weighted by molar-refractivity contribution is 0.0527. The van der Waals surface area contributed by atoms with Crippen molar-refractivity contribution in [2.24, 2.45) is 0 Å². The number of hydrogen-bond donors (Lipinski definition) is 1. The number of nitrogens with zero attached hydrogens (tertiary/aromatic N) is 1. The second kappa shape index (κ2) is 5.17. The maximum Gasteiger partial charge on any atom is 0.412 e. The average molecular weight is 218 g/mol. The molecule has 0 heterocycles. The van der Waals surface area contributed by atoms with Crippen LogP contribution in [0, 0.1) is 11.3 Å². The van der Waals surface area contributed by atoms with E-state index in [4.69, 9.17) is 10.00 Å². The van der Waals surface area contributed by atoms with Crippen molar-refractivity contribution in [3.63, 3.8) is 0 Å². The molecule has 84 valence electrons. The van der Waals surface area contributed by atoms with Crippen LogP contribution in [0.3, 0.4) is 0 Å². The van der Waals surface area contributed by atoms with Crippen molar-refractivity contribution in [3.05, 3.63) is 30.3 Å². The van der Waals surface area contributed by atoms with Gasteiger partial charge in [-0.2, -0.15) is 5.26 Å². The van der Waals surface area contributed by atoms with Crippen LogP contribution in [0.4, 0.5) is 10.5 Å². The first-order chi connectivity index (χ1) is 7.53. The van der Waals surface area contributed by atoms with Crippen molar-refractivity contribution >= 4 is 11.8 Å². The molecule has 0 unspecified atom stereocenters. The monoisotopic (exact) mass is 218 g/mol. The van der Waals surface area contributed by atoms with Gasteiger partial charge in [-0.1, -0.05) is 18.2 Å². The first-order valence-corrected chi connectivity index (χ1v) is 4.95. The van der Waals surface area contributed by atoms with Crippen LogP contribution in [0.2, 0.25) is 0 Å². The summed E-state index contributed by atoms with van der Waals surface area (Å²) in [6, 6.07) is 11.0. The molecule has 1 aromatic carbocycles. The molecule has 0 fully saturated rings. The van der Waals surface area contributed by atoms with E-state index in [0.29, 0.717) is 5.69 Å². The predicted molar refractivity (Wildman–Crippen MR) is 60.9 cm³/mol. The molecule has 0 saturated heterocycles. The van der Waals surface area contributed by atoms with Gasteiger partial charge in [0.15, 0.2) is 0 Å². The molecule has 0 aliphatic carbocycles. The average Bonchev–Trinajstić information content (AvgIpc) is 2.17. The molecule has 0 bridgehead atoms. The number of ether oxygens (including phenoxy) is 1. The van der Waals surface area contributed by atoms with E-state index in [1.165, 1.54) is 0 Å². The minimum Gasteiger partial charge on any atom is -0.442 e. The maximum atomic E-state index is 11.5. The van der Waals surface area contributed by atoms with Gasteiger partial charge in [0.2, 0.25) is 0 Å². The van der Waals surface area contributed by atoms with E-state index in [0.717, 1.165) is 0 Å². The number of nitrogens with one attached hydrogen (secondary N) is 1. The van der Waals surface area contributed by atoms with Gasteiger partial charge >= 0.3 is 6.09 Å². The molecule has 0 radical (unpaired) electrons. The number of hydrogen-bond acceptors (Lipinski definition) is 3. The molecule has 0 aliphatic rings. The van der Waals surface area contributed by atoms with Crippen molar-refractivity contribution in [2.75, 3.05) is 5.32 Å². The van der Waals surface area contributed by atoms with Gasteiger partial charge in [0.1, 0.15) is 5.60 Å². The fourth-order valence-corrected chi connectivity index (χ4v) is 1.14. The molecule has 0 saturated carbocycles. The second-order valence-corrected chi connectivity index (χ2v) is 3.98. The highest BCUT2D eigenvalue weighted by Crippen LogP contribution is 2.15. The van der Waals surface area contributed by atoms with Crippen LogP contribution in [0.25, 0.3) is 0 Å². The van der Waals surface area contributed by atoms with Gasteiger partial charge in [0.25, 0.3) is 0 Å². The molecule has 1 amide bonds. The van der Waals surface area contributed by atoms with Crippen LogP contribution in [0.15, 0.2) is 30.3 Å². The number of rotatable bonds is 3. The smallest absolute Gasteiger partial charge is 0.412 e. The molecule has 0 aromatic heterocycles. The largest absolute Gasteiger partial charge is 0.442 e. The quantitative estimate of drug-likeness (QED) is 0.848. The first kappa shape index (κ1) is 12.1. The SMILES string of the molecule is CC(C)(CC#N)OC(=O)Nc1ccccc1. The predicted octanol–water partition coefficient (Wildman–Crippen LogP) is 2.93. The Labute approximate surface area is 94.8 Å². The number of carbonyl (C=O) groups excluding carboxylic acids is 1. The highest BCUT2D eigenvalue weighted by Gasteiger charge is 2.22. The van der Waals surface area contributed by atoms with Gasteiger partial charge in [-0.3, -0.25) is 5.32 Å². The zero-order chi connectivity index (χ0) is 12.0. The van der Waals surface area contributed by atoms with E-state index in [2.05, 4.69) is 5.32 Å². The van der Waals surface area contributed by atoms with Crippen LogP contribution >= 0.6 is 0 Å². The Morgan fingerprint density at radius 1 is 1.44 bits per heavy atom. The third kappa shape index (κ3) is 4.01. The van der Waals surface area contributed by atoms with Gasteiger partial charge in [-0.25, -0.2) is 4.79 Å². The zero-order valence-corrected chi connectivity index (χ0v) is 9.36. The number of para-hydroxylation sites is 1. The molecule has 0 atom stereocenters. The topological polar surface area (TPSA) is 62.1 Å². The highest BCUT2D eigenvalue weighted by atomic mass is 16.6. The summed E-state index contributed by atoms with van der Waals surface area (Å²) < 4.78 is 5.11. The Bertz CT molecular complexity index is 393. The standard InChI is InChI=1S/C12H14N2O2/c1-12(2,8-9-13)16-11(15)14-10-6-4-3-5-7-10/h3-7H,8H2,1-2H3,(H,14,15). The zero-order valence-electron chi connectivity index (χ0n) is 9.36. The van der Waals surface area contributed by atoms with Crippen molar-refractivity contribution in [3.8, 4) is 6.07 Å². The van der Waals surface area contributed by atoms with E-state index in [9.17, 15) is 4.79 Å². The summed E-state index contributed by atoms with van der Waals surface area (Å²) in [4.78, 5) is 11.5. The van der Waals surface area contributed by atoms with E-state index in [-0.39, 0.29) is 6.42 Å². The Hall–Kier alpha value is -2.02. The summed E-state index contributed by atoms with van der Waals surface area (Å²) in [6.45, 7) is 3.39. The summed E-state index contributed by atoms with van der Waals surface area (Å²) in [5, 5.41) is 11.1. The number of benzene rings is 1. The fourth-order valence-electron chi connectivity index (χ4n) is 1.14. The first-order valence-electron chi connectivity index (χ1n) is 4.95. The Balaban J connectivity index is 2.52. The number of nitriles is 1. The number of amides is 1. The lowest BCUT2D eigenvalue weighted by atomic mass is 10.1. The van der Waals surface area contributed by atoms with Crippen LogP contribution in [-0.2, 0) is 4.74 Å². The molecule has 0 aliphatic heterocycles. The molecule has 4 heteroatoms. The molecule has 1 rings (SSSR count). The van der Waals surface area contributed by atoms with Crippen molar-refractivity contribution < 1.29 is 9.53 Å². The summed E-state index contributed by atoms with van der Waals surface area (Å²) in [5.41, 5.74) is -0.103. The lowest BCUT2D eigenvalue weighted by Crippen LogP contribution is -2.30. The van der Waals surface area contributed by atoms with Crippen molar-refractivity contribution in [1.29, 1.82) is 5.26 Å². The van der Waals surface area contributed by atoms with Gasteiger partial charge in [-0.05, 0) is 26.0 Å². The molecular formula is C12H14N2O2. The third-order valence-corrected chi connectivity index (χ3v) is 1.89. The normalized spacial score (nSPS) is 10.3. The summed E-state index contributed by atoms with van der Waals surface area (Å²) in [5.74, 6) is 0. The molecule has 16 heavy (non-hydrogen) atoms. The summed E-state index contributed by atoms with van der Waals surface area (Å²) in [7, 11) is 0. The van der Waals surface area contributed by atoms with E-state index in [1.807, 2.05) is 24.3 Å². The molecule has 1 aromatic rings. The Morgan fingerprint density at radius 3 is 2.62 bits per heavy atom.